The van der Waals surface area contributed by atoms with Gasteiger partial charge in [-0.2, -0.15) is 9.29 Å². The van der Waals surface area contributed by atoms with Crippen LogP contribution in [0.3, 0.4) is 0 Å². The Kier molecular flexibility index (Phi) is 5.07. The molecule has 1 fully saturated rings. The van der Waals surface area contributed by atoms with E-state index in [1.807, 2.05) is 13.8 Å². The summed E-state index contributed by atoms with van der Waals surface area (Å²) in [5.74, 6) is 1.43. The van der Waals surface area contributed by atoms with E-state index in [0.29, 0.717) is 41.2 Å². The molecule has 0 spiro atoms. The molecular weight excluding hydrogens is 396 g/mol. The number of hydrogen-bond donors (Lipinski definition) is 0. The quantitative estimate of drug-likeness (QED) is 0.638. The van der Waals surface area contributed by atoms with Gasteiger partial charge in [0.2, 0.25) is 15.8 Å². The molecule has 1 aliphatic rings. The van der Waals surface area contributed by atoms with E-state index in [9.17, 15) is 8.42 Å². The summed E-state index contributed by atoms with van der Waals surface area (Å²) < 4.78 is 32.6. The Labute approximate surface area is 168 Å². The zero-order valence-electron chi connectivity index (χ0n) is 16.0. The Morgan fingerprint density at radius 3 is 2.39 bits per heavy atom. The van der Waals surface area contributed by atoms with E-state index >= 15 is 0 Å². The highest BCUT2D eigenvalue weighted by molar-refractivity contribution is 7.89. The van der Waals surface area contributed by atoms with Gasteiger partial charge in [0.15, 0.2) is 0 Å². The third-order valence-corrected chi connectivity index (χ3v) is 7.99. The summed E-state index contributed by atoms with van der Waals surface area (Å²) in [5, 5.41) is 4.97. The third-order valence-electron chi connectivity index (χ3n) is 5.02. The minimum absolute atomic E-state index is 0.295. The minimum atomic E-state index is -3.46. The van der Waals surface area contributed by atoms with Crippen LogP contribution in [-0.2, 0) is 10.0 Å². The van der Waals surface area contributed by atoms with E-state index in [1.54, 1.807) is 28.6 Å². The highest BCUT2D eigenvalue weighted by Gasteiger charge is 2.28. The maximum Gasteiger partial charge on any atom is 0.270 e. The van der Waals surface area contributed by atoms with Crippen LogP contribution in [0.5, 0.6) is 0 Å². The number of sulfonamides is 1. The van der Waals surface area contributed by atoms with Crippen molar-refractivity contribution in [2.75, 3.05) is 13.1 Å². The number of aryl methyl sites for hydroxylation is 2. The molecule has 0 radical (unpaired) electrons. The van der Waals surface area contributed by atoms with Gasteiger partial charge in [-0.25, -0.2) is 13.4 Å². The van der Waals surface area contributed by atoms with E-state index in [2.05, 4.69) is 22.0 Å². The van der Waals surface area contributed by atoms with Crippen molar-refractivity contribution in [3.8, 4) is 22.2 Å². The van der Waals surface area contributed by atoms with Gasteiger partial charge in [-0.3, -0.25) is 0 Å². The van der Waals surface area contributed by atoms with Gasteiger partial charge in [0.1, 0.15) is 4.88 Å². The molecule has 0 amide bonds. The van der Waals surface area contributed by atoms with Gasteiger partial charge < -0.3 is 4.52 Å². The average Bonchev–Trinajstić information content (AvgIpc) is 3.28. The summed E-state index contributed by atoms with van der Waals surface area (Å²) in [7, 11) is -3.46. The van der Waals surface area contributed by atoms with Crippen LogP contribution in [0, 0.1) is 19.8 Å². The van der Waals surface area contributed by atoms with Gasteiger partial charge in [-0.05, 0) is 56.9 Å². The maximum absolute atomic E-state index is 12.8. The van der Waals surface area contributed by atoms with Crippen LogP contribution in [0.25, 0.3) is 22.2 Å². The molecule has 1 aromatic carbocycles. The molecular formula is C19H22N4O3S2. The molecule has 9 heteroatoms. The van der Waals surface area contributed by atoms with Crippen molar-refractivity contribution >= 4 is 21.4 Å². The monoisotopic (exact) mass is 418 g/mol. The first-order chi connectivity index (χ1) is 13.3. The average molecular weight is 419 g/mol. The number of nitrogens with zero attached hydrogens (tertiary/aromatic N) is 4. The lowest BCUT2D eigenvalue weighted by Gasteiger charge is -2.29. The number of aromatic nitrogens is 3. The van der Waals surface area contributed by atoms with Crippen LogP contribution in [-0.4, -0.2) is 40.9 Å². The molecule has 148 valence electrons. The Morgan fingerprint density at radius 1 is 1.11 bits per heavy atom. The Bertz CT molecular complexity index is 1080. The number of rotatable bonds is 4. The fourth-order valence-electron chi connectivity index (χ4n) is 3.31. The van der Waals surface area contributed by atoms with E-state index < -0.39 is 10.0 Å². The molecule has 0 saturated carbocycles. The summed E-state index contributed by atoms with van der Waals surface area (Å²) >= 11 is 1.51. The fourth-order valence-corrected chi connectivity index (χ4v) is 5.62. The van der Waals surface area contributed by atoms with Crippen molar-refractivity contribution in [2.45, 2.75) is 38.5 Å². The van der Waals surface area contributed by atoms with Gasteiger partial charge in [-0.15, -0.1) is 11.3 Å². The predicted octanol–water partition coefficient (Wildman–Crippen LogP) is 3.90. The lowest BCUT2D eigenvalue weighted by Crippen LogP contribution is -2.37. The molecule has 2 aromatic heterocycles. The number of hydrogen-bond acceptors (Lipinski definition) is 7. The van der Waals surface area contributed by atoms with Crippen LogP contribution >= 0.6 is 11.3 Å². The van der Waals surface area contributed by atoms with Crippen molar-refractivity contribution in [1.82, 2.24) is 19.4 Å². The van der Waals surface area contributed by atoms with E-state index in [-0.39, 0.29) is 0 Å². The molecule has 0 atom stereocenters. The molecule has 1 aliphatic heterocycles. The molecule has 0 bridgehead atoms. The lowest BCUT2D eigenvalue weighted by molar-refractivity contribution is 0.288. The summed E-state index contributed by atoms with van der Waals surface area (Å²) in [5.41, 5.74) is 1.56. The highest BCUT2D eigenvalue weighted by atomic mass is 32.2. The van der Waals surface area contributed by atoms with Crippen LogP contribution < -0.4 is 0 Å². The van der Waals surface area contributed by atoms with E-state index in [4.69, 9.17) is 4.52 Å². The Hall–Kier alpha value is -2.10. The maximum atomic E-state index is 12.8. The van der Waals surface area contributed by atoms with Crippen LogP contribution in [0.1, 0.15) is 30.5 Å². The van der Waals surface area contributed by atoms with Crippen molar-refractivity contribution in [3.05, 3.63) is 35.0 Å². The molecule has 7 nitrogen and oxygen atoms in total. The van der Waals surface area contributed by atoms with Crippen molar-refractivity contribution in [1.29, 1.82) is 0 Å². The first-order valence-corrected chi connectivity index (χ1v) is 11.5. The van der Waals surface area contributed by atoms with Crippen LogP contribution in [0.15, 0.2) is 33.7 Å². The van der Waals surface area contributed by atoms with E-state index in [1.165, 1.54) is 11.3 Å². The second kappa shape index (κ2) is 7.38. The first-order valence-electron chi connectivity index (χ1n) is 9.23. The minimum Gasteiger partial charge on any atom is -0.333 e. The third kappa shape index (κ3) is 3.61. The summed E-state index contributed by atoms with van der Waals surface area (Å²) in [4.78, 5) is 9.98. The van der Waals surface area contributed by atoms with Crippen molar-refractivity contribution < 1.29 is 12.9 Å². The zero-order chi connectivity index (χ0) is 19.9. The molecule has 0 aliphatic carbocycles. The molecule has 4 rings (SSSR count). The molecule has 1 saturated heterocycles. The Balaban J connectivity index is 1.56. The van der Waals surface area contributed by atoms with Crippen LogP contribution in [0.4, 0.5) is 0 Å². The summed E-state index contributed by atoms with van der Waals surface area (Å²) in [6.07, 6.45) is 1.80. The van der Waals surface area contributed by atoms with Gasteiger partial charge in [0.05, 0.1) is 15.6 Å². The number of benzene rings is 1. The lowest BCUT2D eigenvalue weighted by atomic mass is 10.0. The second-order valence-electron chi connectivity index (χ2n) is 7.18. The number of thiazole rings is 1. The van der Waals surface area contributed by atoms with Crippen LogP contribution in [0.2, 0.25) is 0 Å². The van der Waals surface area contributed by atoms with Crippen molar-refractivity contribution in [2.24, 2.45) is 5.92 Å². The fraction of sp³-hybridized carbons (Fsp3) is 0.421. The molecule has 3 aromatic rings. The predicted molar refractivity (Wildman–Crippen MR) is 107 cm³/mol. The number of piperidine rings is 1. The first kappa shape index (κ1) is 19.2. The summed E-state index contributed by atoms with van der Waals surface area (Å²) in [6.45, 7) is 7.15. The molecule has 3 heterocycles. The topological polar surface area (TPSA) is 89.2 Å². The van der Waals surface area contributed by atoms with Gasteiger partial charge in [0, 0.05) is 18.7 Å². The Morgan fingerprint density at radius 2 is 1.79 bits per heavy atom. The highest BCUT2D eigenvalue weighted by Crippen LogP contribution is 2.30. The van der Waals surface area contributed by atoms with Gasteiger partial charge in [0.25, 0.3) is 5.89 Å². The normalized spacial score (nSPS) is 16.5. The smallest absolute Gasteiger partial charge is 0.270 e. The largest absolute Gasteiger partial charge is 0.333 e. The summed E-state index contributed by atoms with van der Waals surface area (Å²) in [6, 6.07) is 6.67. The molecule has 0 unspecified atom stereocenters. The van der Waals surface area contributed by atoms with Gasteiger partial charge in [-0.1, -0.05) is 12.1 Å². The van der Waals surface area contributed by atoms with Crippen molar-refractivity contribution in [3.63, 3.8) is 0 Å². The molecule has 0 N–H and O–H groups in total. The standard InChI is InChI=1S/C19H22N4O3S2/c1-12-8-10-23(11-9-12)28(24,25)16-6-4-15(5-7-16)18-21-19(26-22-18)17-13(2)20-14(3)27-17/h4-7,12H,8-11H2,1-3H3. The SMILES string of the molecule is Cc1nc(C)c(-c2nc(-c3ccc(S(=O)(=O)N4CCC(C)CC4)cc3)no2)s1. The zero-order valence-corrected chi connectivity index (χ0v) is 17.7. The van der Waals surface area contributed by atoms with Gasteiger partial charge >= 0.3 is 0 Å². The van der Waals surface area contributed by atoms with E-state index in [0.717, 1.165) is 28.4 Å². The molecule has 28 heavy (non-hydrogen) atoms. The second-order valence-corrected chi connectivity index (χ2v) is 10.3.